The number of aryl methyl sites for hydroxylation is 1. The largest absolute Gasteiger partial charge is 0.335 e. The highest BCUT2D eigenvalue weighted by Crippen LogP contribution is 2.26. The molecule has 1 aliphatic heterocycles. The first-order chi connectivity index (χ1) is 11.9. The monoisotopic (exact) mass is 357 g/mol. The van der Waals surface area contributed by atoms with Gasteiger partial charge < -0.3 is 4.90 Å². The van der Waals surface area contributed by atoms with Crippen LogP contribution in [0.5, 0.6) is 0 Å². The molecule has 132 valence electrons. The molecule has 2 aromatic rings. The minimum absolute atomic E-state index is 0.112. The molecule has 4 nitrogen and oxygen atoms in total. The molecule has 1 amide bonds. The number of hydrogen-bond acceptors (Lipinski definition) is 3. The molecule has 1 unspecified atom stereocenters. The van der Waals surface area contributed by atoms with Crippen LogP contribution >= 0.6 is 0 Å². The minimum Gasteiger partial charge on any atom is -0.335 e. The van der Waals surface area contributed by atoms with Crippen molar-refractivity contribution in [1.29, 1.82) is 0 Å². The smallest absolute Gasteiger partial charge is 0.255 e. The van der Waals surface area contributed by atoms with Crippen molar-refractivity contribution in [2.24, 2.45) is 0 Å². The van der Waals surface area contributed by atoms with E-state index >= 15 is 0 Å². The number of likely N-dealkylation sites (tertiary alicyclic amines) is 1. The van der Waals surface area contributed by atoms with Gasteiger partial charge in [-0.3, -0.25) is 4.79 Å². The van der Waals surface area contributed by atoms with E-state index in [9.17, 15) is 13.2 Å². The maximum atomic E-state index is 13.0. The second-order valence-electron chi connectivity index (χ2n) is 6.75. The normalized spacial score (nSPS) is 17.7. The fraction of sp³-hybridized carbons (Fsp3) is 0.350. The molecule has 1 saturated heterocycles. The van der Waals surface area contributed by atoms with Gasteiger partial charge in [0.05, 0.1) is 10.5 Å². The maximum Gasteiger partial charge on any atom is 0.255 e. The Morgan fingerprint density at radius 3 is 2.48 bits per heavy atom. The van der Waals surface area contributed by atoms with Crippen LogP contribution < -0.4 is 0 Å². The molecule has 1 aliphatic rings. The van der Waals surface area contributed by atoms with Crippen molar-refractivity contribution < 1.29 is 13.2 Å². The van der Waals surface area contributed by atoms with Crippen molar-refractivity contribution in [2.75, 3.05) is 12.8 Å². The number of hydrogen-bond donors (Lipinski definition) is 0. The second-order valence-corrected chi connectivity index (χ2v) is 8.74. The van der Waals surface area contributed by atoms with Gasteiger partial charge in [-0.15, -0.1) is 0 Å². The molecule has 2 aromatic carbocycles. The van der Waals surface area contributed by atoms with Gasteiger partial charge in [-0.1, -0.05) is 42.0 Å². The zero-order valence-electron chi connectivity index (χ0n) is 14.6. The van der Waals surface area contributed by atoms with Crippen molar-refractivity contribution in [1.82, 2.24) is 4.90 Å². The van der Waals surface area contributed by atoms with Gasteiger partial charge in [0.1, 0.15) is 0 Å². The Bertz CT molecular complexity index is 872. The summed E-state index contributed by atoms with van der Waals surface area (Å²) < 4.78 is 24.0. The van der Waals surface area contributed by atoms with Gasteiger partial charge in [0.25, 0.3) is 5.91 Å². The van der Waals surface area contributed by atoms with Crippen LogP contribution in [0.4, 0.5) is 0 Å². The lowest BCUT2D eigenvalue weighted by molar-refractivity contribution is 0.0732. The lowest BCUT2D eigenvalue weighted by Crippen LogP contribution is -2.37. The van der Waals surface area contributed by atoms with Crippen LogP contribution in [0, 0.1) is 6.92 Å². The third-order valence-corrected chi connectivity index (χ3v) is 5.90. The van der Waals surface area contributed by atoms with Gasteiger partial charge in [-0.25, -0.2) is 8.42 Å². The van der Waals surface area contributed by atoms with Crippen LogP contribution in [-0.2, 0) is 16.3 Å². The standard InChI is InChI=1S/C20H23NO3S/c1-15-9-11-16(12-10-15)14-17-6-5-13-21(17)20(22)18-7-3-4-8-19(18)25(2,23)24/h3-4,7-12,17H,5-6,13-14H2,1-2H3. The average Bonchev–Trinajstić information content (AvgIpc) is 3.03. The van der Waals surface area contributed by atoms with Gasteiger partial charge in [0, 0.05) is 18.8 Å². The van der Waals surface area contributed by atoms with E-state index in [4.69, 9.17) is 0 Å². The van der Waals surface area contributed by atoms with Crippen LogP contribution in [0.1, 0.15) is 34.3 Å². The molecule has 0 aromatic heterocycles. The molecule has 1 heterocycles. The molecular formula is C20H23NO3S. The van der Waals surface area contributed by atoms with Crippen LogP contribution in [-0.4, -0.2) is 38.1 Å². The lowest BCUT2D eigenvalue weighted by Gasteiger charge is -2.25. The maximum absolute atomic E-state index is 13.0. The molecule has 0 bridgehead atoms. The van der Waals surface area contributed by atoms with Gasteiger partial charge in [-0.05, 0) is 43.9 Å². The zero-order chi connectivity index (χ0) is 18.0. The molecular weight excluding hydrogens is 334 g/mol. The molecule has 0 spiro atoms. The zero-order valence-corrected chi connectivity index (χ0v) is 15.4. The number of sulfone groups is 1. The fourth-order valence-corrected chi connectivity index (χ4v) is 4.31. The number of benzene rings is 2. The molecule has 1 atom stereocenters. The van der Waals surface area contributed by atoms with E-state index in [1.54, 1.807) is 18.2 Å². The van der Waals surface area contributed by atoms with Crippen molar-refractivity contribution in [3.63, 3.8) is 0 Å². The summed E-state index contributed by atoms with van der Waals surface area (Å²) in [6.45, 7) is 2.73. The number of rotatable bonds is 4. The Kier molecular flexibility index (Phi) is 4.95. The van der Waals surface area contributed by atoms with Crippen LogP contribution in [0.25, 0.3) is 0 Å². The predicted molar refractivity (Wildman–Crippen MR) is 98.5 cm³/mol. The fourth-order valence-electron chi connectivity index (χ4n) is 3.43. The molecule has 0 N–H and O–H groups in total. The van der Waals surface area contributed by atoms with Crippen LogP contribution in [0.2, 0.25) is 0 Å². The van der Waals surface area contributed by atoms with Gasteiger partial charge >= 0.3 is 0 Å². The summed E-state index contributed by atoms with van der Waals surface area (Å²) in [6, 6.07) is 15.0. The summed E-state index contributed by atoms with van der Waals surface area (Å²) in [7, 11) is -3.44. The van der Waals surface area contributed by atoms with Crippen LogP contribution in [0.3, 0.4) is 0 Å². The van der Waals surface area contributed by atoms with E-state index in [1.807, 2.05) is 4.90 Å². The third-order valence-electron chi connectivity index (χ3n) is 4.75. The van der Waals surface area contributed by atoms with Gasteiger partial charge in [0.2, 0.25) is 0 Å². The molecule has 25 heavy (non-hydrogen) atoms. The number of nitrogens with zero attached hydrogens (tertiary/aromatic N) is 1. The first-order valence-corrected chi connectivity index (χ1v) is 10.4. The highest BCUT2D eigenvalue weighted by Gasteiger charge is 2.31. The topological polar surface area (TPSA) is 54.5 Å². The van der Waals surface area contributed by atoms with Crippen molar-refractivity contribution in [2.45, 2.75) is 37.1 Å². The Balaban J connectivity index is 1.85. The summed E-state index contributed by atoms with van der Waals surface area (Å²) in [4.78, 5) is 15.0. The number of carbonyl (C=O) groups excluding carboxylic acids is 1. The molecule has 0 aliphatic carbocycles. The predicted octanol–water partition coefficient (Wildman–Crippen LogP) is 3.25. The van der Waals surface area contributed by atoms with Gasteiger partial charge in [0.15, 0.2) is 9.84 Å². The van der Waals surface area contributed by atoms with Crippen molar-refractivity contribution >= 4 is 15.7 Å². The first-order valence-electron chi connectivity index (χ1n) is 8.52. The summed E-state index contributed by atoms with van der Waals surface area (Å²) >= 11 is 0. The van der Waals surface area contributed by atoms with E-state index in [0.717, 1.165) is 25.5 Å². The Morgan fingerprint density at radius 2 is 1.80 bits per heavy atom. The van der Waals surface area contributed by atoms with Crippen molar-refractivity contribution in [3.8, 4) is 0 Å². The highest BCUT2D eigenvalue weighted by molar-refractivity contribution is 7.90. The third kappa shape index (κ3) is 3.93. The average molecular weight is 357 g/mol. The molecule has 1 fully saturated rings. The highest BCUT2D eigenvalue weighted by atomic mass is 32.2. The minimum atomic E-state index is -3.44. The second kappa shape index (κ2) is 7.00. The van der Waals surface area contributed by atoms with Crippen molar-refractivity contribution in [3.05, 3.63) is 65.2 Å². The molecule has 0 saturated carbocycles. The van der Waals surface area contributed by atoms with E-state index in [-0.39, 0.29) is 22.4 Å². The molecule has 0 radical (unpaired) electrons. The van der Waals surface area contributed by atoms with E-state index in [0.29, 0.717) is 6.54 Å². The Labute approximate surface area is 149 Å². The number of amides is 1. The molecule has 3 rings (SSSR count). The Morgan fingerprint density at radius 1 is 1.12 bits per heavy atom. The summed E-state index contributed by atoms with van der Waals surface area (Å²) in [5.41, 5.74) is 2.69. The van der Waals surface area contributed by atoms with Crippen LogP contribution in [0.15, 0.2) is 53.4 Å². The van der Waals surface area contributed by atoms with E-state index in [2.05, 4.69) is 31.2 Å². The lowest BCUT2D eigenvalue weighted by atomic mass is 10.0. The SMILES string of the molecule is Cc1ccc(CC2CCCN2C(=O)c2ccccc2S(C)(=O)=O)cc1. The van der Waals surface area contributed by atoms with E-state index < -0.39 is 9.84 Å². The van der Waals surface area contributed by atoms with E-state index in [1.165, 1.54) is 17.2 Å². The summed E-state index contributed by atoms with van der Waals surface area (Å²) in [5.74, 6) is -0.185. The van der Waals surface area contributed by atoms with Gasteiger partial charge in [-0.2, -0.15) is 0 Å². The summed E-state index contributed by atoms with van der Waals surface area (Å²) in [6.07, 6.45) is 3.84. The first kappa shape index (κ1) is 17.7. The number of carbonyl (C=O) groups is 1. The summed E-state index contributed by atoms with van der Waals surface area (Å²) in [5, 5.41) is 0. The Hall–Kier alpha value is -2.14. The quantitative estimate of drug-likeness (QED) is 0.844. The molecule has 5 heteroatoms.